The molecule has 18 heteroatoms. The summed E-state index contributed by atoms with van der Waals surface area (Å²) in [5.41, 5.74) is 6.67. The highest BCUT2D eigenvalue weighted by Crippen LogP contribution is 2.45. The predicted octanol–water partition coefficient (Wildman–Crippen LogP) is 4.99. The molecular formula is C32H26N10O6S2. The summed E-state index contributed by atoms with van der Waals surface area (Å²) in [7, 11) is -10.8. The Balaban J connectivity index is 1.77. The van der Waals surface area contributed by atoms with E-state index >= 15 is 0 Å². The lowest BCUT2D eigenvalue weighted by Gasteiger charge is -2.33. The third-order valence-corrected chi connectivity index (χ3v) is 8.90. The van der Waals surface area contributed by atoms with Gasteiger partial charge in [-0.1, -0.05) is 78.9 Å². The Morgan fingerprint density at radius 1 is 0.520 bits per heavy atom. The Hall–Kier alpha value is -6.34. The van der Waals surface area contributed by atoms with Crippen molar-refractivity contribution < 1.29 is 25.9 Å². The van der Waals surface area contributed by atoms with Gasteiger partial charge in [-0.3, -0.25) is 20.0 Å². The van der Waals surface area contributed by atoms with Crippen LogP contribution < -0.4 is 20.9 Å². The molecule has 0 unspecified atom stereocenters. The van der Waals surface area contributed by atoms with Crippen molar-refractivity contribution in [1.29, 1.82) is 0 Å². The van der Waals surface area contributed by atoms with Gasteiger partial charge in [0.25, 0.3) is 32.1 Å². The standard InChI is InChI=1S/C32H26N10O6S2/c43-49(44,45)29(23-11-4-1-5-12-23)30(50(46,47)48)26-17-10-18-27(41(31-35-19-33-20-36-31)39-24-13-6-2-7-14-24)28(26)42(32-37-21-34-22-38-32)40-25-15-8-3-9-16-25/h1-22,39-40H,(H,43,44,45)(H,46,47,48). The second-order valence-corrected chi connectivity index (χ2v) is 12.9. The van der Waals surface area contributed by atoms with Gasteiger partial charge < -0.3 is 0 Å². The van der Waals surface area contributed by atoms with Gasteiger partial charge in [0, 0.05) is 5.56 Å². The molecule has 0 aliphatic carbocycles. The van der Waals surface area contributed by atoms with Crippen LogP contribution in [0.2, 0.25) is 0 Å². The average Bonchev–Trinajstić information content (AvgIpc) is 3.12. The molecule has 2 aromatic heterocycles. The largest absolute Gasteiger partial charge is 0.296 e. The van der Waals surface area contributed by atoms with Crippen LogP contribution in [-0.2, 0) is 20.2 Å². The molecule has 0 saturated heterocycles. The lowest BCUT2D eigenvalue weighted by Crippen LogP contribution is -2.33. The van der Waals surface area contributed by atoms with E-state index in [-0.39, 0.29) is 28.8 Å². The quantitative estimate of drug-likeness (QED) is 0.0747. The first kappa shape index (κ1) is 33.6. The molecule has 0 radical (unpaired) electrons. The first-order valence-electron chi connectivity index (χ1n) is 14.5. The molecule has 2 heterocycles. The summed E-state index contributed by atoms with van der Waals surface area (Å²) in [6.07, 6.45) is 4.88. The predicted molar refractivity (Wildman–Crippen MR) is 187 cm³/mol. The van der Waals surface area contributed by atoms with Crippen LogP contribution >= 0.6 is 0 Å². The van der Waals surface area contributed by atoms with Crippen molar-refractivity contribution in [3.8, 4) is 0 Å². The number of anilines is 6. The molecule has 0 spiro atoms. The monoisotopic (exact) mass is 710 g/mol. The minimum Gasteiger partial charge on any atom is -0.291 e. The summed E-state index contributed by atoms with van der Waals surface area (Å²) in [5, 5.41) is 2.65. The Bertz CT molecular complexity index is 2330. The van der Waals surface area contributed by atoms with Crippen LogP contribution in [0.15, 0.2) is 135 Å². The molecule has 0 aliphatic heterocycles. The van der Waals surface area contributed by atoms with Gasteiger partial charge in [0.15, 0.2) is 0 Å². The number of hydrazine groups is 2. The van der Waals surface area contributed by atoms with Gasteiger partial charge in [0.2, 0.25) is 0 Å². The molecule has 0 saturated carbocycles. The van der Waals surface area contributed by atoms with Crippen molar-refractivity contribution in [3.63, 3.8) is 0 Å². The molecule has 0 amide bonds. The molecular weight excluding hydrogens is 685 g/mol. The maximum atomic E-state index is 13.5. The Morgan fingerprint density at radius 2 is 0.960 bits per heavy atom. The fourth-order valence-electron chi connectivity index (χ4n) is 4.90. The first-order chi connectivity index (χ1) is 24.1. The van der Waals surface area contributed by atoms with E-state index < -0.39 is 35.6 Å². The zero-order valence-electron chi connectivity index (χ0n) is 25.6. The number of hydrogen-bond acceptors (Lipinski definition) is 14. The highest BCUT2D eigenvalue weighted by atomic mass is 32.2. The van der Waals surface area contributed by atoms with Crippen molar-refractivity contribution in [2.45, 2.75) is 0 Å². The minimum atomic E-state index is -5.47. The number of nitrogens with one attached hydrogen (secondary N) is 2. The van der Waals surface area contributed by atoms with E-state index in [0.717, 1.165) is 0 Å². The minimum absolute atomic E-state index is 0.0213. The number of hydrogen-bond donors (Lipinski definition) is 4. The number of rotatable bonds is 12. The second-order valence-electron chi connectivity index (χ2n) is 10.2. The van der Waals surface area contributed by atoms with Crippen LogP contribution in [0.4, 0.5) is 34.6 Å². The molecule has 0 atom stereocenters. The maximum absolute atomic E-state index is 13.5. The lowest BCUT2D eigenvalue weighted by atomic mass is 10.1. The van der Waals surface area contributed by atoms with Crippen molar-refractivity contribution in [1.82, 2.24) is 29.9 Å². The Kier molecular flexibility index (Phi) is 9.68. The van der Waals surface area contributed by atoms with Crippen molar-refractivity contribution >= 4 is 64.7 Å². The van der Waals surface area contributed by atoms with Crippen molar-refractivity contribution in [2.24, 2.45) is 0 Å². The van der Waals surface area contributed by atoms with Crippen LogP contribution in [0.5, 0.6) is 0 Å². The molecule has 4 aromatic carbocycles. The maximum Gasteiger partial charge on any atom is 0.296 e. The van der Waals surface area contributed by atoms with Crippen LogP contribution in [0.3, 0.4) is 0 Å². The summed E-state index contributed by atoms with van der Waals surface area (Å²) < 4.78 is 74.7. The second kappa shape index (κ2) is 14.4. The van der Waals surface area contributed by atoms with Gasteiger partial charge >= 0.3 is 0 Å². The van der Waals surface area contributed by atoms with Crippen molar-refractivity contribution in [2.75, 3.05) is 20.9 Å². The SMILES string of the molecule is O=S(=O)(O)C(=C(c1cccc(N(Nc2ccccc2)c2ncncn2)c1N(Nc1ccccc1)c1ncncn1)S(=O)(=O)O)c1ccccc1. The molecule has 50 heavy (non-hydrogen) atoms. The molecule has 6 rings (SSSR count). The van der Waals surface area contributed by atoms with E-state index in [1.807, 2.05) is 0 Å². The summed E-state index contributed by atoms with van der Waals surface area (Å²) in [5.74, 6) is -0.0660. The van der Waals surface area contributed by atoms with Crippen LogP contribution in [0, 0.1) is 0 Å². The number of aromatic nitrogens is 6. The third kappa shape index (κ3) is 7.53. The highest BCUT2D eigenvalue weighted by molar-refractivity contribution is 8.01. The van der Waals surface area contributed by atoms with E-state index in [0.29, 0.717) is 11.4 Å². The Labute approximate surface area is 286 Å². The van der Waals surface area contributed by atoms with Gasteiger partial charge in [-0.15, -0.1) is 0 Å². The molecule has 0 fully saturated rings. The number of para-hydroxylation sites is 3. The van der Waals surface area contributed by atoms with Crippen LogP contribution in [0.25, 0.3) is 9.81 Å². The topological polar surface area (TPSA) is 217 Å². The van der Waals surface area contributed by atoms with E-state index in [1.54, 1.807) is 72.8 Å². The van der Waals surface area contributed by atoms with Gasteiger partial charge in [0.1, 0.15) is 40.8 Å². The number of nitrogens with zero attached hydrogens (tertiary/aromatic N) is 8. The summed E-state index contributed by atoms with van der Waals surface area (Å²) in [4.78, 5) is 22.8. The zero-order chi connectivity index (χ0) is 35.1. The Morgan fingerprint density at radius 3 is 1.44 bits per heavy atom. The molecule has 0 aliphatic rings. The average molecular weight is 711 g/mol. The summed E-state index contributed by atoms with van der Waals surface area (Å²) >= 11 is 0. The van der Waals surface area contributed by atoms with E-state index in [9.17, 15) is 25.9 Å². The molecule has 16 nitrogen and oxygen atoms in total. The fraction of sp³-hybridized carbons (Fsp3) is 0. The van der Waals surface area contributed by atoms with Crippen LogP contribution in [0.1, 0.15) is 11.1 Å². The van der Waals surface area contributed by atoms with E-state index in [2.05, 4.69) is 40.8 Å². The number of benzene rings is 4. The third-order valence-electron chi connectivity index (χ3n) is 6.87. The molecule has 252 valence electrons. The van der Waals surface area contributed by atoms with Gasteiger partial charge in [-0.2, -0.15) is 36.8 Å². The zero-order valence-corrected chi connectivity index (χ0v) is 27.3. The molecule has 6 aromatic rings. The van der Waals surface area contributed by atoms with E-state index in [1.165, 1.54) is 71.7 Å². The smallest absolute Gasteiger partial charge is 0.291 e. The van der Waals surface area contributed by atoms with Gasteiger partial charge in [0.05, 0.1) is 17.1 Å². The van der Waals surface area contributed by atoms with Gasteiger partial charge in [-0.05, 0) is 35.9 Å². The first-order valence-corrected chi connectivity index (χ1v) is 17.3. The van der Waals surface area contributed by atoms with Gasteiger partial charge in [-0.25, -0.2) is 20.0 Å². The lowest BCUT2D eigenvalue weighted by molar-refractivity contribution is 0.491. The molecule has 0 bridgehead atoms. The van der Waals surface area contributed by atoms with Crippen molar-refractivity contribution in [3.05, 3.63) is 146 Å². The van der Waals surface area contributed by atoms with Crippen LogP contribution in [-0.4, -0.2) is 55.8 Å². The highest BCUT2D eigenvalue weighted by Gasteiger charge is 2.36. The molecule has 4 N–H and O–H groups in total. The summed E-state index contributed by atoms with van der Waals surface area (Å²) in [6, 6.07) is 28.8. The normalized spacial score (nSPS) is 12.0. The fourth-order valence-corrected chi connectivity index (χ4v) is 7.10. The van der Waals surface area contributed by atoms with E-state index in [4.69, 9.17) is 0 Å². The summed E-state index contributed by atoms with van der Waals surface area (Å²) in [6.45, 7) is 0.